The van der Waals surface area contributed by atoms with E-state index in [1.165, 1.54) is 6.92 Å². The molecule has 0 atom stereocenters. The van der Waals surface area contributed by atoms with Gasteiger partial charge in [0.05, 0.1) is 30.0 Å². The molecule has 0 heterocycles. The van der Waals surface area contributed by atoms with Crippen LogP contribution in [0, 0.1) is 0 Å². The molecular weight excluding hydrogens is 315 g/mol. The van der Waals surface area contributed by atoms with Crippen LogP contribution in [0.4, 0.5) is 23.7 Å². The smallest absolute Gasteiger partial charge is 0.416 e. The summed E-state index contributed by atoms with van der Waals surface area (Å²) in [4.78, 5) is 23.4. The van der Waals surface area contributed by atoms with Crippen LogP contribution in [0.2, 0.25) is 0 Å². The number of hydrogen-bond acceptors (Lipinski definition) is 4. The maximum absolute atomic E-state index is 13.1. The number of methoxy groups -OCH3 is 1. The first-order valence-electron chi connectivity index (χ1n) is 6.90. The summed E-state index contributed by atoms with van der Waals surface area (Å²) >= 11 is 0. The van der Waals surface area contributed by atoms with Crippen LogP contribution in [0.5, 0.6) is 0 Å². The van der Waals surface area contributed by atoms with Crippen molar-refractivity contribution in [3.8, 4) is 0 Å². The molecule has 5 nitrogen and oxygen atoms in total. The summed E-state index contributed by atoms with van der Waals surface area (Å²) in [5.41, 5.74) is -1.47. The van der Waals surface area contributed by atoms with E-state index < -0.39 is 29.9 Å². The zero-order valence-corrected chi connectivity index (χ0v) is 13.2. The quantitative estimate of drug-likeness (QED) is 0.846. The predicted molar refractivity (Wildman–Crippen MR) is 77.4 cm³/mol. The number of halogens is 3. The minimum Gasteiger partial charge on any atom is -0.465 e. The Bertz CT molecular complexity index is 597. The number of rotatable bonds is 4. The summed E-state index contributed by atoms with van der Waals surface area (Å²) in [5, 5.41) is 2.16. The lowest BCUT2D eigenvalue weighted by Crippen LogP contribution is -2.21. The van der Waals surface area contributed by atoms with Gasteiger partial charge in [0.25, 0.3) is 0 Å². The second kappa shape index (κ2) is 7.34. The van der Waals surface area contributed by atoms with Gasteiger partial charge in [-0.15, -0.1) is 0 Å². The number of ether oxygens (including phenoxy) is 2. The van der Waals surface area contributed by atoms with Crippen LogP contribution < -0.4 is 5.32 Å². The van der Waals surface area contributed by atoms with Crippen molar-refractivity contribution in [2.75, 3.05) is 12.4 Å². The number of anilines is 1. The average molecular weight is 333 g/mol. The Morgan fingerprint density at radius 1 is 1.26 bits per heavy atom. The van der Waals surface area contributed by atoms with Crippen molar-refractivity contribution in [2.45, 2.75) is 39.5 Å². The highest BCUT2D eigenvalue weighted by Gasteiger charge is 2.34. The summed E-state index contributed by atoms with van der Waals surface area (Å²) in [6.45, 7) is 4.70. The van der Waals surface area contributed by atoms with Gasteiger partial charge in [0.15, 0.2) is 0 Å². The minimum absolute atomic E-state index is 0.0650. The molecule has 0 saturated carbocycles. The van der Waals surface area contributed by atoms with Crippen molar-refractivity contribution in [2.24, 2.45) is 0 Å². The van der Waals surface area contributed by atoms with Crippen LogP contribution in [-0.4, -0.2) is 25.3 Å². The van der Waals surface area contributed by atoms with E-state index in [-0.39, 0.29) is 23.2 Å². The number of esters is 1. The largest absolute Gasteiger partial charge is 0.465 e. The third-order valence-corrected chi connectivity index (χ3v) is 2.91. The van der Waals surface area contributed by atoms with Crippen molar-refractivity contribution in [1.29, 1.82) is 0 Å². The van der Waals surface area contributed by atoms with Gasteiger partial charge in [0, 0.05) is 0 Å². The molecule has 1 rings (SSSR count). The van der Waals surface area contributed by atoms with Crippen LogP contribution in [0.25, 0.3) is 0 Å². The SMILES string of the molecule is CCc1cc(C(=O)OC)c(NC(=O)OC(C)C)cc1C(F)(F)F. The third-order valence-electron chi connectivity index (χ3n) is 2.91. The van der Waals surface area contributed by atoms with Gasteiger partial charge in [-0.3, -0.25) is 5.32 Å². The topological polar surface area (TPSA) is 64.6 Å². The highest BCUT2D eigenvalue weighted by Crippen LogP contribution is 2.36. The van der Waals surface area contributed by atoms with E-state index in [4.69, 9.17) is 4.74 Å². The number of hydrogen-bond donors (Lipinski definition) is 1. The average Bonchev–Trinajstić information content (AvgIpc) is 2.44. The summed E-state index contributed by atoms with van der Waals surface area (Å²) < 4.78 is 48.7. The Morgan fingerprint density at radius 2 is 1.87 bits per heavy atom. The summed E-state index contributed by atoms with van der Waals surface area (Å²) in [6, 6.07) is 1.78. The number of amides is 1. The number of alkyl halides is 3. The van der Waals surface area contributed by atoms with E-state index >= 15 is 0 Å². The van der Waals surface area contributed by atoms with E-state index in [1.807, 2.05) is 0 Å². The fourth-order valence-electron chi connectivity index (χ4n) is 1.94. The van der Waals surface area contributed by atoms with Gasteiger partial charge in [-0.1, -0.05) is 6.92 Å². The number of nitrogens with one attached hydrogen (secondary N) is 1. The molecule has 1 amide bonds. The van der Waals surface area contributed by atoms with E-state index in [1.54, 1.807) is 13.8 Å². The van der Waals surface area contributed by atoms with E-state index in [2.05, 4.69) is 10.1 Å². The molecule has 0 radical (unpaired) electrons. The number of benzene rings is 1. The van der Waals surface area contributed by atoms with Crippen LogP contribution >= 0.6 is 0 Å². The minimum atomic E-state index is -4.61. The number of carbonyl (C=O) groups excluding carboxylic acids is 2. The lowest BCUT2D eigenvalue weighted by Gasteiger charge is -2.17. The second-order valence-corrected chi connectivity index (χ2v) is 4.98. The molecule has 128 valence electrons. The van der Waals surface area contributed by atoms with Crippen LogP contribution in [0.1, 0.15) is 42.3 Å². The Labute approximate surface area is 131 Å². The van der Waals surface area contributed by atoms with Gasteiger partial charge < -0.3 is 9.47 Å². The van der Waals surface area contributed by atoms with Crippen molar-refractivity contribution < 1.29 is 32.2 Å². The van der Waals surface area contributed by atoms with E-state index in [0.29, 0.717) is 6.07 Å². The molecule has 1 N–H and O–H groups in total. The van der Waals surface area contributed by atoms with Gasteiger partial charge >= 0.3 is 18.2 Å². The molecule has 0 bridgehead atoms. The maximum Gasteiger partial charge on any atom is 0.416 e. The molecule has 0 saturated heterocycles. The Hall–Kier alpha value is -2.25. The molecule has 23 heavy (non-hydrogen) atoms. The van der Waals surface area contributed by atoms with Gasteiger partial charge in [-0.2, -0.15) is 13.2 Å². The van der Waals surface area contributed by atoms with Crippen LogP contribution in [0.15, 0.2) is 12.1 Å². The molecule has 0 fully saturated rings. The molecule has 0 aromatic heterocycles. The molecule has 0 aliphatic rings. The normalized spacial score (nSPS) is 11.3. The summed E-state index contributed by atoms with van der Waals surface area (Å²) in [6.07, 6.45) is -5.97. The number of aryl methyl sites for hydroxylation is 1. The zero-order chi connectivity index (χ0) is 17.8. The van der Waals surface area contributed by atoms with Gasteiger partial charge in [0.1, 0.15) is 0 Å². The number of carbonyl (C=O) groups is 2. The molecular formula is C15H18F3NO4. The predicted octanol–water partition coefficient (Wildman–Crippen LogP) is 4.01. The molecule has 8 heteroatoms. The third kappa shape index (κ3) is 4.87. The molecule has 0 spiro atoms. The van der Waals surface area contributed by atoms with Gasteiger partial charge in [0.2, 0.25) is 0 Å². The highest BCUT2D eigenvalue weighted by atomic mass is 19.4. The van der Waals surface area contributed by atoms with Crippen molar-refractivity contribution >= 4 is 17.7 Å². The Balaban J connectivity index is 3.39. The lowest BCUT2D eigenvalue weighted by atomic mass is 9.99. The fourth-order valence-corrected chi connectivity index (χ4v) is 1.94. The maximum atomic E-state index is 13.1. The van der Waals surface area contributed by atoms with E-state index in [0.717, 1.165) is 13.2 Å². The molecule has 1 aromatic carbocycles. The second-order valence-electron chi connectivity index (χ2n) is 4.98. The first kappa shape index (κ1) is 18.8. The molecule has 0 aliphatic heterocycles. The van der Waals surface area contributed by atoms with Gasteiger partial charge in [-0.05, 0) is 38.0 Å². The van der Waals surface area contributed by atoms with Crippen molar-refractivity contribution in [1.82, 2.24) is 0 Å². The van der Waals surface area contributed by atoms with Crippen LogP contribution in [0.3, 0.4) is 0 Å². The first-order valence-corrected chi connectivity index (χ1v) is 6.90. The van der Waals surface area contributed by atoms with Crippen molar-refractivity contribution in [3.63, 3.8) is 0 Å². The molecule has 0 unspecified atom stereocenters. The van der Waals surface area contributed by atoms with Gasteiger partial charge in [-0.25, -0.2) is 9.59 Å². The van der Waals surface area contributed by atoms with E-state index in [9.17, 15) is 22.8 Å². The highest BCUT2D eigenvalue weighted by molar-refractivity contribution is 6.00. The zero-order valence-electron chi connectivity index (χ0n) is 13.2. The fraction of sp³-hybridized carbons (Fsp3) is 0.467. The Morgan fingerprint density at radius 3 is 2.30 bits per heavy atom. The monoisotopic (exact) mass is 333 g/mol. The standard InChI is InChI=1S/C15H18F3NO4/c1-5-9-6-10(13(20)22-4)12(7-11(9)15(16,17)18)19-14(21)23-8(2)3/h6-8H,5H2,1-4H3,(H,19,21). The molecule has 1 aromatic rings. The van der Waals surface area contributed by atoms with Crippen molar-refractivity contribution in [3.05, 3.63) is 28.8 Å². The first-order chi connectivity index (χ1) is 10.6. The molecule has 0 aliphatic carbocycles. The lowest BCUT2D eigenvalue weighted by molar-refractivity contribution is -0.138. The summed E-state index contributed by atoms with van der Waals surface area (Å²) in [7, 11) is 1.10. The Kier molecular flexibility index (Phi) is 6.00. The van der Waals surface area contributed by atoms with Crippen LogP contribution in [-0.2, 0) is 22.1 Å². The summed E-state index contributed by atoms with van der Waals surface area (Å²) in [5.74, 6) is -0.853.